The lowest BCUT2D eigenvalue weighted by molar-refractivity contribution is -0.384. The molecule has 4 nitrogen and oxygen atoms in total. The maximum absolute atomic E-state index is 10.6. The Balaban J connectivity index is 2.46. The second kappa shape index (κ2) is 6.89. The first-order valence-electron chi connectivity index (χ1n) is 6.03. The van der Waals surface area contributed by atoms with E-state index in [2.05, 4.69) is 6.92 Å². The smallest absolute Gasteiger partial charge is 0.269 e. The number of nitrogens with zero attached hydrogens (tertiary/aromatic N) is 1. The Hall–Kier alpha value is -1.58. The predicted molar refractivity (Wildman–Crippen MR) is 67.5 cm³/mol. The number of nitro groups is 1. The van der Waals surface area contributed by atoms with Crippen molar-refractivity contribution in [2.45, 2.75) is 39.5 Å². The van der Waals surface area contributed by atoms with E-state index in [4.69, 9.17) is 4.74 Å². The number of rotatable bonds is 7. The van der Waals surface area contributed by atoms with Crippen LogP contribution in [0.25, 0.3) is 0 Å². The Bertz CT molecular complexity index is 377. The van der Waals surface area contributed by atoms with Gasteiger partial charge in [0.05, 0.1) is 11.5 Å². The van der Waals surface area contributed by atoms with Crippen molar-refractivity contribution in [3.63, 3.8) is 0 Å². The lowest BCUT2D eigenvalue weighted by Crippen LogP contribution is -1.99. The maximum atomic E-state index is 10.6. The largest absolute Gasteiger partial charge is 0.493 e. The van der Waals surface area contributed by atoms with Crippen LogP contribution in [0.1, 0.15) is 38.2 Å². The molecule has 0 radical (unpaired) electrons. The summed E-state index contributed by atoms with van der Waals surface area (Å²) in [5, 5.41) is 10.6. The number of unbranched alkanes of at least 4 members (excludes halogenated alkanes) is 3. The monoisotopic (exact) mass is 237 g/mol. The fourth-order valence-corrected chi connectivity index (χ4v) is 1.62. The summed E-state index contributed by atoms with van der Waals surface area (Å²) in [6.45, 7) is 4.67. The molecule has 0 aliphatic carbocycles. The van der Waals surface area contributed by atoms with E-state index >= 15 is 0 Å². The molecule has 0 saturated carbocycles. The van der Waals surface area contributed by atoms with Gasteiger partial charge in [-0.3, -0.25) is 10.1 Å². The van der Waals surface area contributed by atoms with Gasteiger partial charge in [-0.25, -0.2) is 0 Å². The maximum Gasteiger partial charge on any atom is 0.269 e. The van der Waals surface area contributed by atoms with Crippen LogP contribution in [0.15, 0.2) is 18.2 Å². The molecule has 4 heteroatoms. The molecule has 0 aliphatic rings. The molecule has 0 heterocycles. The van der Waals surface area contributed by atoms with Crippen LogP contribution in [0.4, 0.5) is 5.69 Å². The molecule has 0 bridgehead atoms. The average Bonchev–Trinajstić information content (AvgIpc) is 2.30. The van der Waals surface area contributed by atoms with Gasteiger partial charge in [0.2, 0.25) is 0 Å². The van der Waals surface area contributed by atoms with Crippen LogP contribution in [0.3, 0.4) is 0 Å². The van der Waals surface area contributed by atoms with E-state index in [-0.39, 0.29) is 5.69 Å². The van der Waals surface area contributed by atoms with Gasteiger partial charge in [0.15, 0.2) is 0 Å². The first kappa shape index (κ1) is 13.5. The Kier molecular flexibility index (Phi) is 5.46. The molecule has 0 saturated heterocycles. The van der Waals surface area contributed by atoms with Crippen LogP contribution in [0, 0.1) is 17.0 Å². The molecular weight excluding hydrogens is 218 g/mol. The van der Waals surface area contributed by atoms with E-state index in [1.54, 1.807) is 12.1 Å². The quantitative estimate of drug-likeness (QED) is 0.411. The highest BCUT2D eigenvalue weighted by molar-refractivity contribution is 5.42. The SMILES string of the molecule is CCCCCCOc1ccc([N+](=O)[O-])cc1C. The van der Waals surface area contributed by atoms with Gasteiger partial charge in [0.1, 0.15) is 5.75 Å². The molecule has 0 amide bonds. The number of hydrogen-bond acceptors (Lipinski definition) is 3. The van der Waals surface area contributed by atoms with Gasteiger partial charge in [-0.2, -0.15) is 0 Å². The van der Waals surface area contributed by atoms with E-state index in [1.807, 2.05) is 6.92 Å². The van der Waals surface area contributed by atoms with E-state index in [9.17, 15) is 10.1 Å². The van der Waals surface area contributed by atoms with Crippen molar-refractivity contribution < 1.29 is 9.66 Å². The Morgan fingerprint density at radius 3 is 2.65 bits per heavy atom. The summed E-state index contributed by atoms with van der Waals surface area (Å²) in [5.41, 5.74) is 0.926. The lowest BCUT2D eigenvalue weighted by Gasteiger charge is -2.08. The Labute approximate surface area is 102 Å². The normalized spacial score (nSPS) is 10.2. The van der Waals surface area contributed by atoms with Crippen LogP contribution < -0.4 is 4.74 Å². The zero-order valence-corrected chi connectivity index (χ0v) is 10.4. The molecule has 94 valence electrons. The van der Waals surface area contributed by atoms with Crippen LogP contribution >= 0.6 is 0 Å². The number of ether oxygens (including phenoxy) is 1. The number of hydrogen-bond donors (Lipinski definition) is 0. The van der Waals surface area contributed by atoms with Gasteiger partial charge in [0.25, 0.3) is 5.69 Å². The molecule has 1 aromatic carbocycles. The molecule has 0 atom stereocenters. The van der Waals surface area contributed by atoms with Gasteiger partial charge < -0.3 is 4.74 Å². The third-order valence-electron chi connectivity index (χ3n) is 2.62. The summed E-state index contributed by atoms with van der Waals surface area (Å²) in [7, 11) is 0. The van der Waals surface area contributed by atoms with Gasteiger partial charge in [-0.15, -0.1) is 0 Å². The van der Waals surface area contributed by atoms with Crippen molar-refractivity contribution in [1.82, 2.24) is 0 Å². The zero-order valence-electron chi connectivity index (χ0n) is 10.4. The second-order valence-corrected chi connectivity index (χ2v) is 4.12. The Morgan fingerprint density at radius 2 is 2.06 bits per heavy atom. The first-order chi connectivity index (χ1) is 8.15. The standard InChI is InChI=1S/C13H19NO3/c1-3-4-5-6-9-17-13-8-7-12(14(15)16)10-11(13)2/h7-8,10H,3-6,9H2,1-2H3. The molecule has 1 rings (SSSR count). The molecule has 17 heavy (non-hydrogen) atoms. The summed E-state index contributed by atoms with van der Waals surface area (Å²) < 4.78 is 5.60. The van der Waals surface area contributed by atoms with Gasteiger partial charge >= 0.3 is 0 Å². The topological polar surface area (TPSA) is 52.4 Å². The number of benzene rings is 1. The van der Waals surface area contributed by atoms with Crippen molar-refractivity contribution >= 4 is 5.69 Å². The fourth-order valence-electron chi connectivity index (χ4n) is 1.62. The molecule has 0 aromatic heterocycles. The highest BCUT2D eigenvalue weighted by Gasteiger charge is 2.08. The minimum absolute atomic E-state index is 0.112. The number of aryl methyl sites for hydroxylation is 1. The van der Waals surface area contributed by atoms with Crippen molar-refractivity contribution in [2.24, 2.45) is 0 Å². The van der Waals surface area contributed by atoms with Crippen molar-refractivity contribution in [3.05, 3.63) is 33.9 Å². The van der Waals surface area contributed by atoms with Gasteiger partial charge in [-0.05, 0) is 25.0 Å². The predicted octanol–water partition coefficient (Wildman–Crippen LogP) is 3.86. The van der Waals surface area contributed by atoms with Crippen LogP contribution in [0.2, 0.25) is 0 Å². The first-order valence-corrected chi connectivity index (χ1v) is 6.03. The van der Waals surface area contributed by atoms with Crippen LogP contribution in [-0.4, -0.2) is 11.5 Å². The van der Waals surface area contributed by atoms with Gasteiger partial charge in [0, 0.05) is 12.1 Å². The van der Waals surface area contributed by atoms with Crippen molar-refractivity contribution in [2.75, 3.05) is 6.61 Å². The molecule has 1 aromatic rings. The third kappa shape index (κ3) is 4.43. The molecule has 0 fully saturated rings. The molecule has 0 aliphatic heterocycles. The second-order valence-electron chi connectivity index (χ2n) is 4.12. The van der Waals surface area contributed by atoms with E-state index in [0.717, 1.165) is 17.7 Å². The van der Waals surface area contributed by atoms with E-state index in [1.165, 1.54) is 25.3 Å². The Morgan fingerprint density at radius 1 is 1.29 bits per heavy atom. The highest BCUT2D eigenvalue weighted by atomic mass is 16.6. The molecule has 0 N–H and O–H groups in total. The zero-order chi connectivity index (χ0) is 12.7. The highest BCUT2D eigenvalue weighted by Crippen LogP contribution is 2.23. The minimum atomic E-state index is -0.391. The van der Waals surface area contributed by atoms with Crippen molar-refractivity contribution in [3.8, 4) is 5.75 Å². The van der Waals surface area contributed by atoms with E-state index < -0.39 is 4.92 Å². The average molecular weight is 237 g/mol. The molecular formula is C13H19NO3. The fraction of sp³-hybridized carbons (Fsp3) is 0.538. The summed E-state index contributed by atoms with van der Waals surface area (Å²) >= 11 is 0. The minimum Gasteiger partial charge on any atom is -0.493 e. The van der Waals surface area contributed by atoms with Crippen molar-refractivity contribution in [1.29, 1.82) is 0 Å². The summed E-state index contributed by atoms with van der Waals surface area (Å²) in [4.78, 5) is 10.2. The number of nitro benzene ring substituents is 1. The summed E-state index contributed by atoms with van der Waals surface area (Å²) in [6, 6.07) is 4.70. The third-order valence-corrected chi connectivity index (χ3v) is 2.62. The van der Waals surface area contributed by atoms with Crippen LogP contribution in [-0.2, 0) is 0 Å². The number of non-ortho nitro benzene ring substituents is 1. The van der Waals surface area contributed by atoms with Crippen LogP contribution in [0.5, 0.6) is 5.75 Å². The van der Waals surface area contributed by atoms with Gasteiger partial charge in [-0.1, -0.05) is 26.2 Å². The van der Waals surface area contributed by atoms with E-state index in [0.29, 0.717) is 6.61 Å². The molecule has 0 unspecified atom stereocenters. The summed E-state index contributed by atoms with van der Waals surface area (Å²) in [5.74, 6) is 0.743. The molecule has 0 spiro atoms. The summed E-state index contributed by atoms with van der Waals surface area (Å²) in [6.07, 6.45) is 4.63. The lowest BCUT2D eigenvalue weighted by atomic mass is 10.2.